The van der Waals surface area contributed by atoms with Crippen LogP contribution in [0.2, 0.25) is 0 Å². The highest BCUT2D eigenvalue weighted by atomic mass is 16.4. The highest BCUT2D eigenvalue weighted by molar-refractivity contribution is 5.93. The lowest BCUT2D eigenvalue weighted by Crippen LogP contribution is -2.23. The van der Waals surface area contributed by atoms with Crippen LogP contribution in [-0.4, -0.2) is 26.2 Å². The van der Waals surface area contributed by atoms with Gasteiger partial charge < -0.3 is 18.6 Å². The van der Waals surface area contributed by atoms with Crippen LogP contribution in [0.4, 0.5) is 11.8 Å². The van der Waals surface area contributed by atoms with Gasteiger partial charge in [0.1, 0.15) is 11.2 Å². The van der Waals surface area contributed by atoms with E-state index in [-0.39, 0.29) is 10.9 Å². The van der Waals surface area contributed by atoms with Gasteiger partial charge in [0.2, 0.25) is 0 Å². The smallest absolute Gasteiger partial charge is 0.199 e. The van der Waals surface area contributed by atoms with E-state index < -0.39 is 0 Å². The maximum Gasteiger partial charge on any atom is 0.199 e. The van der Waals surface area contributed by atoms with Crippen LogP contribution in [0.5, 0.6) is 0 Å². The van der Waals surface area contributed by atoms with Crippen molar-refractivity contribution < 1.29 is 8.83 Å². The molecule has 6 heteroatoms. The zero-order valence-corrected chi connectivity index (χ0v) is 15.7. The van der Waals surface area contributed by atoms with Crippen molar-refractivity contribution in [2.75, 3.05) is 36.0 Å². The van der Waals surface area contributed by atoms with E-state index in [4.69, 9.17) is 8.83 Å². The molecule has 0 aliphatic heterocycles. The van der Waals surface area contributed by atoms with E-state index in [1.165, 1.54) is 12.1 Å². The van der Waals surface area contributed by atoms with E-state index in [9.17, 15) is 9.59 Å². The van der Waals surface area contributed by atoms with Gasteiger partial charge in [-0.3, -0.25) is 9.59 Å². The van der Waals surface area contributed by atoms with E-state index in [0.29, 0.717) is 33.7 Å². The quantitative estimate of drug-likeness (QED) is 0.629. The second-order valence-electron chi connectivity index (χ2n) is 6.09. The number of hydrogen-bond acceptors (Lipinski definition) is 6. The van der Waals surface area contributed by atoms with Crippen LogP contribution >= 0.6 is 0 Å². The van der Waals surface area contributed by atoms with Crippen molar-refractivity contribution in [2.24, 2.45) is 0 Å². The normalized spacial score (nSPS) is 11.2. The first-order valence-electron chi connectivity index (χ1n) is 9.07. The Morgan fingerprint density at radius 2 is 1.04 bits per heavy atom. The van der Waals surface area contributed by atoms with Gasteiger partial charge in [0.05, 0.1) is 10.8 Å². The first-order chi connectivity index (χ1) is 12.5. The van der Waals surface area contributed by atoms with Crippen molar-refractivity contribution in [3.63, 3.8) is 0 Å². The van der Waals surface area contributed by atoms with Gasteiger partial charge in [-0.1, -0.05) is 0 Å². The Morgan fingerprint density at radius 3 is 1.38 bits per heavy atom. The molecule has 26 heavy (non-hydrogen) atoms. The lowest BCUT2D eigenvalue weighted by molar-refractivity contribution is 0.568. The van der Waals surface area contributed by atoms with Crippen molar-refractivity contribution >= 4 is 33.7 Å². The van der Waals surface area contributed by atoms with Gasteiger partial charge in [0, 0.05) is 44.4 Å². The molecule has 0 radical (unpaired) electrons. The Balaban J connectivity index is 2.27. The molecular weight excluding hydrogens is 332 g/mol. The third kappa shape index (κ3) is 3.07. The second kappa shape index (κ2) is 7.23. The van der Waals surface area contributed by atoms with Gasteiger partial charge in [-0.05, 0) is 33.8 Å². The van der Waals surface area contributed by atoms with Crippen LogP contribution in [0.1, 0.15) is 27.7 Å². The summed E-state index contributed by atoms with van der Waals surface area (Å²) in [6.07, 6.45) is 0. The minimum absolute atomic E-state index is 0.165. The van der Waals surface area contributed by atoms with E-state index in [2.05, 4.69) is 0 Å². The summed E-state index contributed by atoms with van der Waals surface area (Å²) in [7, 11) is 0. The van der Waals surface area contributed by atoms with Gasteiger partial charge >= 0.3 is 0 Å². The molecule has 0 saturated carbocycles. The van der Waals surface area contributed by atoms with Crippen LogP contribution in [0, 0.1) is 0 Å². The maximum atomic E-state index is 12.5. The predicted octanol–water partition coefficient (Wildman–Crippen LogP) is 3.59. The van der Waals surface area contributed by atoms with Gasteiger partial charge in [0.15, 0.2) is 22.6 Å². The summed E-state index contributed by atoms with van der Waals surface area (Å²) >= 11 is 0. The first-order valence-corrected chi connectivity index (χ1v) is 9.07. The summed E-state index contributed by atoms with van der Waals surface area (Å²) in [5.41, 5.74) is 0.517. The summed E-state index contributed by atoms with van der Waals surface area (Å²) in [5, 5.41) is 0.771. The second-order valence-corrected chi connectivity index (χ2v) is 6.09. The Labute approximate surface area is 151 Å². The standard InChI is InChI=1S/C20H24N2O4/c1-5-21(6-2)19-10-15(23)13-9-14-16(24)11-20(22(7-3)8-4)26-18(14)12-17(13)25-19/h9-12H,5-8H2,1-4H3. The molecule has 0 aliphatic rings. The summed E-state index contributed by atoms with van der Waals surface area (Å²) in [4.78, 5) is 29.0. The average Bonchev–Trinajstić information content (AvgIpc) is 2.63. The summed E-state index contributed by atoms with van der Waals surface area (Å²) < 4.78 is 11.9. The first kappa shape index (κ1) is 18.0. The molecule has 0 spiro atoms. The number of rotatable bonds is 6. The number of hydrogen-bond donors (Lipinski definition) is 0. The third-order valence-electron chi connectivity index (χ3n) is 4.70. The van der Waals surface area contributed by atoms with Crippen LogP contribution in [-0.2, 0) is 0 Å². The molecule has 3 rings (SSSR count). The van der Waals surface area contributed by atoms with Crippen LogP contribution < -0.4 is 20.7 Å². The fourth-order valence-corrected chi connectivity index (χ4v) is 3.16. The van der Waals surface area contributed by atoms with E-state index >= 15 is 0 Å². The van der Waals surface area contributed by atoms with Crippen molar-refractivity contribution in [1.29, 1.82) is 0 Å². The molecule has 0 N–H and O–H groups in total. The number of anilines is 2. The minimum atomic E-state index is -0.165. The molecular formula is C20H24N2O4. The Morgan fingerprint density at radius 1 is 0.654 bits per heavy atom. The molecule has 0 fully saturated rings. The third-order valence-corrected chi connectivity index (χ3v) is 4.70. The monoisotopic (exact) mass is 356 g/mol. The summed E-state index contributed by atoms with van der Waals surface area (Å²) in [5.74, 6) is 1.04. The van der Waals surface area contributed by atoms with Crippen LogP contribution in [0.3, 0.4) is 0 Å². The van der Waals surface area contributed by atoms with Gasteiger partial charge in [-0.15, -0.1) is 0 Å². The fourth-order valence-electron chi connectivity index (χ4n) is 3.16. The zero-order chi connectivity index (χ0) is 18.8. The topological polar surface area (TPSA) is 66.9 Å². The van der Waals surface area contributed by atoms with Crippen LogP contribution in [0.15, 0.2) is 42.7 Å². The molecule has 0 unspecified atom stereocenters. The maximum absolute atomic E-state index is 12.5. The Hall–Kier alpha value is -2.76. The lowest BCUT2D eigenvalue weighted by atomic mass is 10.1. The van der Waals surface area contributed by atoms with E-state index in [1.54, 1.807) is 12.1 Å². The van der Waals surface area contributed by atoms with Gasteiger partial charge in [0.25, 0.3) is 0 Å². The van der Waals surface area contributed by atoms with Gasteiger partial charge in [-0.2, -0.15) is 0 Å². The fraction of sp³-hybridized carbons (Fsp3) is 0.400. The van der Waals surface area contributed by atoms with Gasteiger partial charge in [-0.25, -0.2) is 0 Å². The Kier molecular flexibility index (Phi) is 5.02. The average molecular weight is 356 g/mol. The SMILES string of the molecule is CCN(CC)c1cc(=O)c2cc3c(=O)cc(N(CC)CC)oc3cc2o1. The molecule has 0 aliphatic carbocycles. The van der Waals surface area contributed by atoms with E-state index in [0.717, 1.165) is 26.2 Å². The van der Waals surface area contributed by atoms with Crippen molar-refractivity contribution in [1.82, 2.24) is 0 Å². The number of fused-ring (bicyclic) bond motifs is 2. The molecule has 2 heterocycles. The largest absolute Gasteiger partial charge is 0.440 e. The molecule has 0 saturated heterocycles. The zero-order valence-electron chi connectivity index (χ0n) is 15.7. The molecule has 0 atom stereocenters. The highest BCUT2D eigenvalue weighted by Crippen LogP contribution is 2.25. The molecule has 6 nitrogen and oxygen atoms in total. The van der Waals surface area contributed by atoms with Crippen molar-refractivity contribution in [2.45, 2.75) is 27.7 Å². The highest BCUT2D eigenvalue weighted by Gasteiger charge is 2.14. The summed E-state index contributed by atoms with van der Waals surface area (Å²) in [6.45, 7) is 11.0. The molecule has 0 amide bonds. The molecule has 2 aromatic heterocycles. The molecule has 1 aromatic carbocycles. The number of nitrogens with zero attached hydrogens (tertiary/aromatic N) is 2. The minimum Gasteiger partial charge on any atom is -0.440 e. The van der Waals surface area contributed by atoms with Crippen molar-refractivity contribution in [3.8, 4) is 0 Å². The van der Waals surface area contributed by atoms with Crippen molar-refractivity contribution in [3.05, 3.63) is 44.7 Å². The molecule has 138 valence electrons. The number of benzene rings is 1. The predicted molar refractivity (Wildman–Crippen MR) is 106 cm³/mol. The Bertz CT molecular complexity index is 962. The van der Waals surface area contributed by atoms with E-state index in [1.807, 2.05) is 37.5 Å². The van der Waals surface area contributed by atoms with Crippen LogP contribution in [0.25, 0.3) is 21.9 Å². The summed E-state index contributed by atoms with van der Waals surface area (Å²) in [6, 6.07) is 6.17. The molecule has 3 aromatic rings. The lowest BCUT2D eigenvalue weighted by Gasteiger charge is -2.20. The molecule has 0 bridgehead atoms.